The summed E-state index contributed by atoms with van der Waals surface area (Å²) in [5, 5.41) is 0. The summed E-state index contributed by atoms with van der Waals surface area (Å²) in [6.45, 7) is 24.1. The van der Waals surface area contributed by atoms with E-state index in [-0.39, 0.29) is 26.4 Å². The first-order chi connectivity index (χ1) is 8.81. The Hall–Kier alpha value is -0.0194. The molecule has 0 aliphatic heterocycles. The number of hydrogen-bond acceptors (Lipinski definition) is 4. The van der Waals surface area contributed by atoms with E-state index in [1.54, 1.807) is 0 Å². The van der Waals surface area contributed by atoms with Gasteiger partial charge >= 0.3 is 26.4 Å². The van der Waals surface area contributed by atoms with Crippen molar-refractivity contribution in [3.8, 4) is 0 Å². The molecule has 0 radical (unpaired) electrons. The molecule has 0 amide bonds. The monoisotopic (exact) mass is 350 g/mol. The molecule has 20 heavy (non-hydrogen) atoms. The van der Waals surface area contributed by atoms with Gasteiger partial charge in [0.15, 0.2) is 0 Å². The Balaban J connectivity index is -0.0000000853. The highest BCUT2D eigenvalue weighted by Crippen LogP contribution is 2.03. The second kappa shape index (κ2) is 19.0. The Labute approximate surface area is 130 Å². The van der Waals surface area contributed by atoms with Gasteiger partial charge in [0.1, 0.15) is 0 Å². The van der Waals surface area contributed by atoms with Crippen molar-refractivity contribution in [3.05, 3.63) is 36.8 Å². The molecule has 0 fully saturated rings. The van der Waals surface area contributed by atoms with Crippen LogP contribution in [0.25, 0.3) is 0 Å². The maximum atomic E-state index is 8.55. The van der Waals surface area contributed by atoms with Crippen LogP contribution in [-0.2, 0) is 4.57 Å². The van der Waals surface area contributed by atoms with Gasteiger partial charge < -0.3 is 19.2 Å². The topological polar surface area (TPSA) is 86.2 Å². The van der Waals surface area contributed by atoms with Crippen LogP contribution >= 0.6 is 7.82 Å². The lowest BCUT2D eigenvalue weighted by atomic mass is 11.3. The largest absolute Gasteiger partial charge is 0.822 e. The van der Waals surface area contributed by atoms with Crippen LogP contribution in [0.1, 0.15) is 0 Å². The maximum absolute atomic E-state index is 8.55. The highest BCUT2D eigenvalue weighted by Gasteiger charge is 1.99. The fourth-order valence-electron chi connectivity index (χ4n) is 0. The summed E-state index contributed by atoms with van der Waals surface area (Å²) in [5.41, 5.74) is 6.06. The summed E-state index contributed by atoms with van der Waals surface area (Å²) < 4.78 is 8.55. The Kier molecular flexibility index (Phi) is 26.8. The van der Waals surface area contributed by atoms with Crippen LogP contribution in [0.4, 0.5) is 0 Å². The smallest absolute Gasteiger partial charge is 0.337 e. The lowest BCUT2D eigenvalue weighted by Gasteiger charge is -2.36. The molecule has 0 N–H and O–H groups in total. The van der Waals surface area contributed by atoms with Crippen molar-refractivity contribution in [1.29, 1.82) is 0 Å². The molecular formula is C12H27O4PSi3. The molecule has 0 heterocycles. The molecule has 0 saturated heterocycles. The molecule has 0 aromatic rings. The van der Waals surface area contributed by atoms with Gasteiger partial charge in [-0.1, -0.05) is 19.7 Å². The minimum atomic E-state index is -5.39. The van der Waals surface area contributed by atoms with Crippen molar-refractivity contribution in [2.24, 2.45) is 0 Å². The van der Waals surface area contributed by atoms with E-state index in [9.17, 15) is 0 Å². The van der Waals surface area contributed by atoms with Crippen LogP contribution < -0.4 is 14.7 Å². The predicted octanol–water partition coefficient (Wildman–Crippen LogP) is 1.57. The second-order valence-electron chi connectivity index (χ2n) is 4.29. The molecule has 116 valence electrons. The summed E-state index contributed by atoms with van der Waals surface area (Å²) in [6, 6.07) is 0. The summed E-state index contributed by atoms with van der Waals surface area (Å²) in [4.78, 5) is 25.6. The number of rotatable bonds is 3. The number of phosphoric acid groups is 1. The molecule has 0 bridgehead atoms. The van der Waals surface area contributed by atoms with E-state index < -0.39 is 7.82 Å². The SMILES string of the molecule is C=C[Si+](C)C.C=C[Si+](C)C.C=C[Si+](C)C.O=P([O-])([O-])[O-]. The summed E-state index contributed by atoms with van der Waals surface area (Å²) in [7, 11) is -5.72. The first-order valence-electron chi connectivity index (χ1n) is 5.82. The minimum absolute atomic E-state index is 0.110. The molecule has 8 heteroatoms. The Bertz CT molecular complexity index is 239. The van der Waals surface area contributed by atoms with Crippen molar-refractivity contribution in [2.75, 3.05) is 0 Å². The van der Waals surface area contributed by atoms with Crippen LogP contribution in [0.2, 0.25) is 39.3 Å². The zero-order valence-corrected chi connectivity index (χ0v) is 17.3. The van der Waals surface area contributed by atoms with Gasteiger partial charge in [0, 0.05) is 0 Å². The molecule has 4 nitrogen and oxygen atoms in total. The zero-order valence-electron chi connectivity index (χ0n) is 13.4. The third-order valence-corrected chi connectivity index (χ3v) is 3.67. The maximum Gasteiger partial charge on any atom is 0.337 e. The van der Waals surface area contributed by atoms with Gasteiger partial charge in [-0.15, -0.1) is 0 Å². The Morgan fingerprint density at radius 1 is 0.700 bits per heavy atom. The third-order valence-electron chi connectivity index (χ3n) is 1.22. The van der Waals surface area contributed by atoms with Gasteiger partial charge in [0.05, 0.1) is 56.4 Å². The first-order valence-corrected chi connectivity index (χ1v) is 15.0. The van der Waals surface area contributed by atoms with Crippen molar-refractivity contribution < 1.29 is 19.2 Å². The average Bonchev–Trinajstić information content (AvgIpc) is 2.28. The molecule has 0 saturated carbocycles. The van der Waals surface area contributed by atoms with Gasteiger partial charge in [-0.05, 0) is 0 Å². The van der Waals surface area contributed by atoms with E-state index in [1.807, 2.05) is 17.1 Å². The van der Waals surface area contributed by atoms with E-state index in [2.05, 4.69) is 59.0 Å². The van der Waals surface area contributed by atoms with E-state index in [4.69, 9.17) is 19.2 Å². The second-order valence-corrected chi connectivity index (χ2v) is 12.9. The van der Waals surface area contributed by atoms with E-state index in [0.29, 0.717) is 0 Å². The van der Waals surface area contributed by atoms with E-state index in [1.165, 1.54) is 0 Å². The number of hydrogen-bond donors (Lipinski definition) is 0. The average molecular weight is 351 g/mol. The van der Waals surface area contributed by atoms with Gasteiger partial charge in [-0.2, -0.15) is 7.82 Å². The standard InChI is InChI=1S/3C4H9Si.H3O4P/c3*1-4-5(2)3;1-5(2,3)4/h3*4H,1H2,2-3H3;(H3,1,2,3,4)/q3*+1;/p-3. The van der Waals surface area contributed by atoms with E-state index in [0.717, 1.165) is 0 Å². The van der Waals surface area contributed by atoms with Crippen molar-refractivity contribution in [2.45, 2.75) is 39.3 Å². The molecule has 0 aromatic heterocycles. The summed E-state index contributed by atoms with van der Waals surface area (Å²) in [6.07, 6.45) is 0. The van der Waals surface area contributed by atoms with Gasteiger partial charge in [0.25, 0.3) is 0 Å². The Morgan fingerprint density at radius 3 is 0.750 bits per heavy atom. The lowest BCUT2D eigenvalue weighted by Crippen LogP contribution is -2.24. The lowest BCUT2D eigenvalue weighted by molar-refractivity contribution is -0.432. The third kappa shape index (κ3) is 145. The van der Waals surface area contributed by atoms with Crippen LogP contribution in [0.15, 0.2) is 36.8 Å². The van der Waals surface area contributed by atoms with E-state index >= 15 is 0 Å². The molecule has 0 unspecified atom stereocenters. The quantitative estimate of drug-likeness (QED) is 0.571. The van der Waals surface area contributed by atoms with Gasteiger partial charge in [-0.25, -0.2) is 0 Å². The molecule has 0 aliphatic rings. The first kappa shape index (κ1) is 28.2. The van der Waals surface area contributed by atoms with Crippen LogP contribution in [-0.4, -0.2) is 26.4 Å². The van der Waals surface area contributed by atoms with Crippen molar-refractivity contribution in [1.82, 2.24) is 0 Å². The van der Waals surface area contributed by atoms with Crippen LogP contribution in [0.3, 0.4) is 0 Å². The summed E-state index contributed by atoms with van der Waals surface area (Å²) in [5.74, 6) is 0. The van der Waals surface area contributed by atoms with Crippen LogP contribution in [0, 0.1) is 0 Å². The molecule has 0 rings (SSSR count). The fraction of sp³-hybridized carbons (Fsp3) is 0.500. The molecule has 0 atom stereocenters. The normalized spacial score (nSPS) is 8.05. The van der Waals surface area contributed by atoms with Crippen molar-refractivity contribution >= 4 is 34.2 Å². The minimum Gasteiger partial charge on any atom is -0.822 e. The Morgan fingerprint density at radius 2 is 0.750 bits per heavy atom. The molecular weight excluding hydrogens is 323 g/mol. The fourth-order valence-corrected chi connectivity index (χ4v) is 0. The zero-order chi connectivity index (χ0) is 17.4. The highest BCUT2D eigenvalue weighted by atomic mass is 31.2. The predicted molar refractivity (Wildman–Crippen MR) is 90.6 cm³/mol. The molecule has 0 spiro atoms. The highest BCUT2D eigenvalue weighted by molar-refractivity contribution is 7.40. The van der Waals surface area contributed by atoms with Crippen molar-refractivity contribution in [3.63, 3.8) is 0 Å². The molecule has 0 aliphatic carbocycles. The van der Waals surface area contributed by atoms with Gasteiger partial charge in [-0.3, -0.25) is 0 Å². The summed E-state index contributed by atoms with van der Waals surface area (Å²) >= 11 is 0. The van der Waals surface area contributed by atoms with Gasteiger partial charge in [0.2, 0.25) is 0 Å². The van der Waals surface area contributed by atoms with Crippen LogP contribution in [0.5, 0.6) is 0 Å². The molecule has 0 aromatic carbocycles.